The highest BCUT2D eigenvalue weighted by Gasteiger charge is 2.32. The van der Waals surface area contributed by atoms with E-state index in [0.29, 0.717) is 13.2 Å². The van der Waals surface area contributed by atoms with E-state index in [0.717, 1.165) is 18.9 Å². The molecule has 2 aliphatic heterocycles. The van der Waals surface area contributed by atoms with Crippen molar-refractivity contribution in [1.82, 2.24) is 15.5 Å². The van der Waals surface area contributed by atoms with Gasteiger partial charge in [-0.2, -0.15) is 0 Å². The summed E-state index contributed by atoms with van der Waals surface area (Å²) in [5, 5.41) is 6.22. The van der Waals surface area contributed by atoms with Gasteiger partial charge in [-0.15, -0.1) is 0 Å². The smallest absolute Gasteiger partial charge is 0.227 e. The average molecular weight is 269 g/mol. The third-order valence-corrected chi connectivity index (χ3v) is 4.48. The number of hydrogen-bond donors (Lipinski definition) is 2. The van der Waals surface area contributed by atoms with Crippen LogP contribution in [0.4, 0.5) is 0 Å². The number of nitrogens with zero attached hydrogens (tertiary/aromatic N) is 1. The molecular weight excluding hydrogens is 242 g/mol. The van der Waals surface area contributed by atoms with Gasteiger partial charge in [0.2, 0.25) is 5.91 Å². The van der Waals surface area contributed by atoms with Gasteiger partial charge in [0, 0.05) is 12.6 Å². The van der Waals surface area contributed by atoms with E-state index >= 15 is 0 Å². The van der Waals surface area contributed by atoms with Gasteiger partial charge in [0.15, 0.2) is 0 Å². The highest BCUT2D eigenvalue weighted by atomic mass is 16.5. The molecule has 2 atom stereocenters. The summed E-state index contributed by atoms with van der Waals surface area (Å²) in [5.74, 6) is 0.892. The standard InChI is InChI=1S/C14H27N3O2/c1-15-13-10-19-9-12(13)14(18)16-6-3-11-4-7-17(2)8-5-11/h11-13,15H,3-10H2,1-2H3,(H,16,18). The van der Waals surface area contributed by atoms with Gasteiger partial charge in [-0.25, -0.2) is 0 Å². The Morgan fingerprint density at radius 3 is 2.74 bits per heavy atom. The van der Waals surface area contributed by atoms with Crippen molar-refractivity contribution in [3.8, 4) is 0 Å². The van der Waals surface area contributed by atoms with Gasteiger partial charge in [-0.1, -0.05) is 0 Å². The first kappa shape index (κ1) is 14.8. The summed E-state index contributed by atoms with van der Waals surface area (Å²) >= 11 is 0. The summed E-state index contributed by atoms with van der Waals surface area (Å²) in [6, 6.07) is 0.170. The molecule has 0 aliphatic carbocycles. The predicted molar refractivity (Wildman–Crippen MR) is 75.0 cm³/mol. The van der Waals surface area contributed by atoms with Crippen molar-refractivity contribution in [1.29, 1.82) is 0 Å². The van der Waals surface area contributed by atoms with Crippen molar-refractivity contribution in [2.24, 2.45) is 11.8 Å². The number of piperidine rings is 1. The number of hydrogen-bond acceptors (Lipinski definition) is 4. The number of likely N-dealkylation sites (tertiary alicyclic amines) is 1. The van der Waals surface area contributed by atoms with Gasteiger partial charge in [0.25, 0.3) is 0 Å². The summed E-state index contributed by atoms with van der Waals surface area (Å²) in [6.45, 7) is 4.38. The van der Waals surface area contributed by atoms with Gasteiger partial charge < -0.3 is 20.3 Å². The molecule has 0 aromatic rings. The SMILES string of the molecule is CNC1COCC1C(=O)NCCC1CCN(C)CC1. The first-order chi connectivity index (χ1) is 9.20. The van der Waals surface area contributed by atoms with Crippen molar-refractivity contribution in [3.05, 3.63) is 0 Å². The molecule has 2 fully saturated rings. The lowest BCUT2D eigenvalue weighted by molar-refractivity contribution is -0.125. The minimum Gasteiger partial charge on any atom is -0.379 e. The van der Waals surface area contributed by atoms with Crippen LogP contribution in [0, 0.1) is 11.8 Å². The van der Waals surface area contributed by atoms with Crippen molar-refractivity contribution in [2.75, 3.05) is 46.9 Å². The molecule has 0 aromatic carbocycles. The maximum Gasteiger partial charge on any atom is 0.227 e. The minimum absolute atomic E-state index is 0.0255. The zero-order valence-corrected chi connectivity index (χ0v) is 12.2. The fourth-order valence-electron chi connectivity index (χ4n) is 2.98. The Hall–Kier alpha value is -0.650. The Balaban J connectivity index is 1.64. The summed E-state index contributed by atoms with van der Waals surface area (Å²) in [7, 11) is 4.06. The highest BCUT2D eigenvalue weighted by molar-refractivity contribution is 5.79. The third-order valence-electron chi connectivity index (χ3n) is 4.48. The van der Waals surface area contributed by atoms with Gasteiger partial charge in [-0.3, -0.25) is 4.79 Å². The number of likely N-dealkylation sites (N-methyl/N-ethyl adjacent to an activating group) is 1. The van der Waals surface area contributed by atoms with E-state index in [9.17, 15) is 4.79 Å². The lowest BCUT2D eigenvalue weighted by atomic mass is 9.93. The quantitative estimate of drug-likeness (QED) is 0.741. The van der Waals surface area contributed by atoms with Crippen LogP contribution in [-0.4, -0.2) is 63.8 Å². The first-order valence-corrected chi connectivity index (χ1v) is 7.42. The second kappa shape index (κ2) is 7.22. The van der Waals surface area contributed by atoms with E-state index < -0.39 is 0 Å². The number of nitrogens with one attached hydrogen (secondary N) is 2. The molecule has 1 amide bonds. The van der Waals surface area contributed by atoms with Gasteiger partial charge in [-0.05, 0) is 52.4 Å². The highest BCUT2D eigenvalue weighted by Crippen LogP contribution is 2.19. The van der Waals surface area contributed by atoms with Gasteiger partial charge in [0.1, 0.15) is 0 Å². The molecule has 2 saturated heterocycles. The molecule has 2 N–H and O–H groups in total. The van der Waals surface area contributed by atoms with Crippen molar-refractivity contribution < 1.29 is 9.53 Å². The molecule has 2 unspecified atom stereocenters. The number of carbonyl (C=O) groups excluding carboxylic acids is 1. The molecule has 2 heterocycles. The Labute approximate surface area is 116 Å². The van der Waals surface area contributed by atoms with Crippen LogP contribution in [0.3, 0.4) is 0 Å². The second-order valence-electron chi connectivity index (χ2n) is 5.87. The van der Waals surface area contributed by atoms with E-state index in [4.69, 9.17) is 4.74 Å². The summed E-state index contributed by atoms with van der Waals surface area (Å²) in [4.78, 5) is 14.4. The number of rotatable bonds is 5. The van der Waals surface area contributed by atoms with Gasteiger partial charge in [0.05, 0.1) is 19.1 Å². The number of carbonyl (C=O) groups is 1. The molecular formula is C14H27N3O2. The maximum absolute atomic E-state index is 12.1. The van der Waals surface area contributed by atoms with Crippen molar-refractivity contribution in [3.63, 3.8) is 0 Å². The van der Waals surface area contributed by atoms with E-state index in [1.54, 1.807) is 0 Å². The molecule has 0 bridgehead atoms. The normalized spacial score (nSPS) is 29.6. The molecule has 110 valence electrons. The predicted octanol–water partition coefficient (Wildman–Crippen LogP) is 0.0689. The average Bonchev–Trinajstić information content (AvgIpc) is 2.89. The van der Waals surface area contributed by atoms with Crippen LogP contribution < -0.4 is 10.6 Å². The van der Waals surface area contributed by atoms with E-state index in [-0.39, 0.29) is 17.9 Å². The van der Waals surface area contributed by atoms with Crippen LogP contribution >= 0.6 is 0 Å². The Morgan fingerprint density at radius 1 is 1.32 bits per heavy atom. The number of ether oxygens (including phenoxy) is 1. The third kappa shape index (κ3) is 4.16. The van der Waals surface area contributed by atoms with Crippen LogP contribution in [0.1, 0.15) is 19.3 Å². The van der Waals surface area contributed by atoms with Crippen LogP contribution in [0.15, 0.2) is 0 Å². The van der Waals surface area contributed by atoms with E-state index in [1.165, 1.54) is 25.9 Å². The van der Waals surface area contributed by atoms with E-state index in [1.807, 2.05) is 7.05 Å². The molecule has 0 saturated carbocycles. The monoisotopic (exact) mass is 269 g/mol. The molecule has 2 rings (SSSR count). The summed E-state index contributed by atoms with van der Waals surface area (Å²) in [5.41, 5.74) is 0. The van der Waals surface area contributed by atoms with Crippen molar-refractivity contribution in [2.45, 2.75) is 25.3 Å². The lowest BCUT2D eigenvalue weighted by Crippen LogP contribution is -2.43. The van der Waals surface area contributed by atoms with Gasteiger partial charge >= 0.3 is 0 Å². The fraction of sp³-hybridized carbons (Fsp3) is 0.929. The molecule has 0 spiro atoms. The van der Waals surface area contributed by atoms with E-state index in [2.05, 4.69) is 22.6 Å². The Morgan fingerprint density at radius 2 is 2.05 bits per heavy atom. The molecule has 19 heavy (non-hydrogen) atoms. The van der Waals surface area contributed by atoms with Crippen LogP contribution in [0.2, 0.25) is 0 Å². The summed E-state index contributed by atoms with van der Waals surface area (Å²) < 4.78 is 5.36. The maximum atomic E-state index is 12.1. The van der Waals surface area contributed by atoms with Crippen LogP contribution in [0.5, 0.6) is 0 Å². The second-order valence-corrected chi connectivity index (χ2v) is 5.87. The zero-order valence-electron chi connectivity index (χ0n) is 12.2. The van der Waals surface area contributed by atoms with Crippen molar-refractivity contribution >= 4 is 5.91 Å². The van der Waals surface area contributed by atoms with Crippen LogP contribution in [-0.2, 0) is 9.53 Å². The molecule has 2 aliphatic rings. The topological polar surface area (TPSA) is 53.6 Å². The Bertz CT molecular complexity index is 290. The Kier molecular flexibility index (Phi) is 5.60. The lowest BCUT2D eigenvalue weighted by Gasteiger charge is -2.29. The largest absolute Gasteiger partial charge is 0.379 e. The molecule has 0 radical (unpaired) electrons. The zero-order chi connectivity index (χ0) is 13.7. The molecule has 5 nitrogen and oxygen atoms in total. The fourth-order valence-corrected chi connectivity index (χ4v) is 2.98. The summed E-state index contributed by atoms with van der Waals surface area (Å²) in [6.07, 6.45) is 3.63. The molecule has 0 aromatic heterocycles. The molecule has 5 heteroatoms. The first-order valence-electron chi connectivity index (χ1n) is 7.42. The minimum atomic E-state index is -0.0255. The van der Waals surface area contributed by atoms with Crippen LogP contribution in [0.25, 0.3) is 0 Å². The number of amides is 1.